The number of aromatic nitrogens is 2. The summed E-state index contributed by atoms with van der Waals surface area (Å²) in [6.07, 6.45) is 3.05. The molecule has 2 heterocycles. The predicted octanol–water partition coefficient (Wildman–Crippen LogP) is 1.53. The molecule has 0 aliphatic rings. The Bertz CT molecular complexity index is 594. The fourth-order valence-electron chi connectivity index (χ4n) is 1.33. The van der Waals surface area contributed by atoms with E-state index in [2.05, 4.69) is 20.6 Å². The number of amides is 2. The number of rotatable bonds is 4. The van der Waals surface area contributed by atoms with Crippen LogP contribution < -0.4 is 16.4 Å². The molecule has 0 spiro atoms. The van der Waals surface area contributed by atoms with E-state index in [0.29, 0.717) is 10.8 Å². The number of nitrogens with zero attached hydrogens (tertiary/aromatic N) is 2. The first-order chi connectivity index (χ1) is 9.20. The van der Waals surface area contributed by atoms with E-state index in [1.54, 1.807) is 23.7 Å². The second-order valence-electron chi connectivity index (χ2n) is 3.44. The van der Waals surface area contributed by atoms with E-state index >= 15 is 0 Å². The highest BCUT2D eigenvalue weighted by Crippen LogP contribution is 2.16. The first kappa shape index (κ1) is 19.3. The van der Waals surface area contributed by atoms with Gasteiger partial charge in [0.1, 0.15) is 0 Å². The molecule has 0 bridgehead atoms. The molecule has 2 aromatic rings. The van der Waals surface area contributed by atoms with Crippen LogP contribution in [-0.4, -0.2) is 28.3 Å². The maximum absolute atomic E-state index is 12.0. The smallest absolute Gasteiger partial charge is 0.278 e. The van der Waals surface area contributed by atoms with Gasteiger partial charge in [0, 0.05) is 17.8 Å². The normalized spacial score (nSPS) is 9.00. The van der Waals surface area contributed by atoms with Crippen molar-refractivity contribution in [2.75, 3.05) is 17.2 Å². The standard InChI is InChI=1S/C11H11N5O2S.2ClH/c12-6-8(17)15-7-2-1-3-13-9(7)10(18)16-11-14-4-5-19-11;;/h1-5H,6,12H2,(H,15,17)(H,14,16,18);2*1H. The lowest BCUT2D eigenvalue weighted by molar-refractivity contribution is -0.114. The van der Waals surface area contributed by atoms with Crippen molar-refractivity contribution in [2.24, 2.45) is 5.73 Å². The summed E-state index contributed by atoms with van der Waals surface area (Å²) in [5, 5.41) is 7.32. The molecule has 10 heteroatoms. The number of hydrogen-bond donors (Lipinski definition) is 3. The van der Waals surface area contributed by atoms with Gasteiger partial charge in [0.25, 0.3) is 5.91 Å². The van der Waals surface area contributed by atoms with Crippen molar-refractivity contribution in [1.29, 1.82) is 0 Å². The highest BCUT2D eigenvalue weighted by atomic mass is 35.5. The van der Waals surface area contributed by atoms with Crippen molar-refractivity contribution in [3.05, 3.63) is 35.6 Å². The van der Waals surface area contributed by atoms with Crippen molar-refractivity contribution in [3.63, 3.8) is 0 Å². The highest BCUT2D eigenvalue weighted by Gasteiger charge is 2.15. The number of carbonyl (C=O) groups excluding carboxylic acids is 2. The van der Waals surface area contributed by atoms with Crippen LogP contribution in [0.5, 0.6) is 0 Å². The van der Waals surface area contributed by atoms with Gasteiger partial charge < -0.3 is 11.1 Å². The summed E-state index contributed by atoms with van der Waals surface area (Å²) in [5.74, 6) is -0.834. The Hall–Kier alpha value is -1.74. The molecule has 0 saturated heterocycles. The van der Waals surface area contributed by atoms with E-state index in [-0.39, 0.29) is 37.1 Å². The van der Waals surface area contributed by atoms with Crippen molar-refractivity contribution in [2.45, 2.75) is 0 Å². The molecule has 0 aromatic carbocycles. The molecule has 0 fully saturated rings. The van der Waals surface area contributed by atoms with E-state index in [1.165, 1.54) is 17.5 Å². The van der Waals surface area contributed by atoms with Gasteiger partial charge in [0.15, 0.2) is 10.8 Å². The second kappa shape index (κ2) is 9.24. The lowest BCUT2D eigenvalue weighted by Crippen LogP contribution is -2.24. The first-order valence-corrected chi connectivity index (χ1v) is 6.24. The Morgan fingerprint density at radius 3 is 2.57 bits per heavy atom. The van der Waals surface area contributed by atoms with Crippen molar-refractivity contribution >= 4 is 58.8 Å². The monoisotopic (exact) mass is 349 g/mol. The molecule has 0 aliphatic heterocycles. The van der Waals surface area contributed by atoms with Crippen LogP contribution in [0.2, 0.25) is 0 Å². The van der Waals surface area contributed by atoms with Crippen molar-refractivity contribution < 1.29 is 9.59 Å². The minimum absolute atomic E-state index is 0. The topological polar surface area (TPSA) is 110 Å². The van der Waals surface area contributed by atoms with Gasteiger partial charge in [-0.15, -0.1) is 36.2 Å². The summed E-state index contributed by atoms with van der Waals surface area (Å²) >= 11 is 1.29. The molecule has 2 rings (SSSR count). The minimum Gasteiger partial charge on any atom is -0.323 e. The molecule has 0 unspecified atom stereocenters. The minimum atomic E-state index is -0.442. The molecular formula is C11H13Cl2N5O2S. The average molecular weight is 350 g/mol. The Morgan fingerprint density at radius 2 is 1.95 bits per heavy atom. The van der Waals surface area contributed by atoms with Gasteiger partial charge in [-0.2, -0.15) is 0 Å². The maximum atomic E-state index is 12.0. The van der Waals surface area contributed by atoms with Crippen molar-refractivity contribution in [1.82, 2.24) is 9.97 Å². The number of nitrogens with one attached hydrogen (secondary N) is 2. The van der Waals surface area contributed by atoms with Crippen LogP contribution in [0.3, 0.4) is 0 Å². The third-order valence-electron chi connectivity index (χ3n) is 2.14. The summed E-state index contributed by atoms with van der Waals surface area (Å²) in [7, 11) is 0. The van der Waals surface area contributed by atoms with Gasteiger partial charge >= 0.3 is 0 Å². The lowest BCUT2D eigenvalue weighted by Gasteiger charge is -2.08. The zero-order chi connectivity index (χ0) is 13.7. The van der Waals surface area contributed by atoms with Gasteiger partial charge in [-0.3, -0.25) is 14.9 Å². The summed E-state index contributed by atoms with van der Waals surface area (Å²) in [5.41, 5.74) is 5.64. The first-order valence-electron chi connectivity index (χ1n) is 5.36. The Balaban J connectivity index is 0.00000200. The Morgan fingerprint density at radius 1 is 1.19 bits per heavy atom. The summed E-state index contributed by atoms with van der Waals surface area (Å²) in [4.78, 5) is 31.2. The van der Waals surface area contributed by atoms with Crippen LogP contribution >= 0.6 is 36.2 Å². The number of anilines is 2. The average Bonchev–Trinajstić information content (AvgIpc) is 2.92. The van der Waals surface area contributed by atoms with E-state index in [1.807, 2.05) is 0 Å². The number of nitrogens with two attached hydrogens (primary N) is 1. The molecule has 0 radical (unpaired) electrons. The molecule has 7 nitrogen and oxygen atoms in total. The van der Waals surface area contributed by atoms with Gasteiger partial charge in [-0.25, -0.2) is 9.97 Å². The molecule has 4 N–H and O–H groups in total. The van der Waals surface area contributed by atoms with Gasteiger partial charge in [-0.1, -0.05) is 0 Å². The SMILES string of the molecule is Cl.Cl.NCC(=O)Nc1cccnc1C(=O)Nc1nccs1. The number of hydrogen-bond acceptors (Lipinski definition) is 6. The van der Waals surface area contributed by atoms with Crippen LogP contribution in [-0.2, 0) is 4.79 Å². The third kappa shape index (κ3) is 5.27. The molecule has 2 aromatic heterocycles. The van der Waals surface area contributed by atoms with Crippen LogP contribution in [0.1, 0.15) is 10.5 Å². The molecule has 21 heavy (non-hydrogen) atoms. The maximum Gasteiger partial charge on any atom is 0.278 e. The summed E-state index contributed by atoms with van der Waals surface area (Å²) in [6.45, 7) is -0.164. The van der Waals surface area contributed by atoms with Crippen LogP contribution in [0.4, 0.5) is 10.8 Å². The largest absolute Gasteiger partial charge is 0.323 e. The number of thiazole rings is 1. The van der Waals surface area contributed by atoms with Crippen molar-refractivity contribution in [3.8, 4) is 0 Å². The zero-order valence-electron chi connectivity index (χ0n) is 10.6. The Kier molecular flexibility index (Phi) is 8.48. The second-order valence-corrected chi connectivity index (χ2v) is 4.34. The number of halogens is 2. The quantitative estimate of drug-likeness (QED) is 0.775. The van der Waals surface area contributed by atoms with Gasteiger partial charge in [-0.05, 0) is 12.1 Å². The van der Waals surface area contributed by atoms with E-state index < -0.39 is 11.8 Å². The molecule has 0 atom stereocenters. The molecule has 0 saturated carbocycles. The highest BCUT2D eigenvalue weighted by molar-refractivity contribution is 7.13. The van der Waals surface area contributed by atoms with E-state index in [9.17, 15) is 9.59 Å². The molecular weight excluding hydrogens is 337 g/mol. The number of pyridine rings is 1. The Labute approximate surface area is 137 Å². The van der Waals surface area contributed by atoms with Crippen LogP contribution in [0.25, 0.3) is 0 Å². The van der Waals surface area contributed by atoms with Gasteiger partial charge in [0.2, 0.25) is 5.91 Å². The third-order valence-corrected chi connectivity index (χ3v) is 2.82. The fraction of sp³-hybridized carbons (Fsp3) is 0.0909. The lowest BCUT2D eigenvalue weighted by atomic mass is 10.2. The zero-order valence-corrected chi connectivity index (χ0v) is 13.1. The van der Waals surface area contributed by atoms with Gasteiger partial charge in [0.05, 0.1) is 12.2 Å². The molecule has 0 aliphatic carbocycles. The van der Waals surface area contributed by atoms with Crippen LogP contribution in [0.15, 0.2) is 29.9 Å². The van der Waals surface area contributed by atoms with E-state index in [0.717, 1.165) is 0 Å². The van der Waals surface area contributed by atoms with Crippen LogP contribution in [0, 0.1) is 0 Å². The predicted molar refractivity (Wildman–Crippen MR) is 86.5 cm³/mol. The fourth-order valence-corrected chi connectivity index (χ4v) is 1.85. The molecule has 114 valence electrons. The van der Waals surface area contributed by atoms with E-state index in [4.69, 9.17) is 5.73 Å². The number of carbonyl (C=O) groups is 2. The molecule has 2 amide bonds. The summed E-state index contributed by atoms with van der Waals surface area (Å²) < 4.78 is 0. The summed E-state index contributed by atoms with van der Waals surface area (Å²) in [6, 6.07) is 3.20.